The fourth-order valence-corrected chi connectivity index (χ4v) is 4.73. The van der Waals surface area contributed by atoms with Crippen LogP contribution in [0.25, 0.3) is 0 Å². The van der Waals surface area contributed by atoms with Crippen LogP contribution in [0.3, 0.4) is 0 Å². The number of sulfonamides is 1. The van der Waals surface area contributed by atoms with E-state index in [1.54, 1.807) is 48.5 Å². The number of halogens is 1. The molecule has 1 heterocycles. The van der Waals surface area contributed by atoms with Crippen LogP contribution in [-0.2, 0) is 21.2 Å². The van der Waals surface area contributed by atoms with E-state index in [0.717, 1.165) is 0 Å². The molecular weight excluding hydrogens is 468 g/mol. The second-order valence-corrected chi connectivity index (χ2v) is 9.25. The SMILES string of the molecule is COc1ccccc1NS(=O)(=O)c1cccc(NC(=O)Cc2cc(Cl)c3c(c2)OCCO3)c1. The number of benzene rings is 3. The van der Waals surface area contributed by atoms with Gasteiger partial charge in [-0.25, -0.2) is 8.42 Å². The topological polar surface area (TPSA) is 103 Å². The zero-order valence-electron chi connectivity index (χ0n) is 17.6. The number of hydrogen-bond donors (Lipinski definition) is 2. The summed E-state index contributed by atoms with van der Waals surface area (Å²) in [5, 5.41) is 3.08. The van der Waals surface area contributed by atoms with E-state index in [0.29, 0.717) is 52.4 Å². The third-order valence-electron chi connectivity index (χ3n) is 4.80. The number of methoxy groups -OCH3 is 1. The lowest BCUT2D eigenvalue weighted by molar-refractivity contribution is -0.115. The highest BCUT2D eigenvalue weighted by atomic mass is 35.5. The van der Waals surface area contributed by atoms with Crippen molar-refractivity contribution in [3.63, 3.8) is 0 Å². The molecule has 0 aromatic heterocycles. The predicted octanol–water partition coefficient (Wildman–Crippen LogP) is 4.10. The summed E-state index contributed by atoms with van der Waals surface area (Å²) in [6.45, 7) is 0.820. The molecule has 1 aliphatic rings. The Bertz CT molecular complexity index is 1300. The Labute approximate surface area is 196 Å². The molecule has 10 heteroatoms. The van der Waals surface area contributed by atoms with E-state index in [1.165, 1.54) is 19.2 Å². The van der Waals surface area contributed by atoms with Gasteiger partial charge in [-0.2, -0.15) is 0 Å². The molecule has 0 bridgehead atoms. The van der Waals surface area contributed by atoms with Crippen molar-refractivity contribution < 1.29 is 27.4 Å². The molecule has 4 rings (SSSR count). The van der Waals surface area contributed by atoms with E-state index in [1.807, 2.05) is 0 Å². The molecule has 172 valence electrons. The van der Waals surface area contributed by atoms with Crippen molar-refractivity contribution >= 4 is 38.9 Å². The molecule has 2 N–H and O–H groups in total. The van der Waals surface area contributed by atoms with Crippen LogP contribution in [0, 0.1) is 0 Å². The fourth-order valence-electron chi connectivity index (χ4n) is 3.33. The quantitative estimate of drug-likeness (QED) is 0.519. The summed E-state index contributed by atoms with van der Waals surface area (Å²) in [7, 11) is -2.45. The molecule has 0 saturated heterocycles. The lowest BCUT2D eigenvalue weighted by Gasteiger charge is -2.20. The van der Waals surface area contributed by atoms with Gasteiger partial charge in [0.15, 0.2) is 11.5 Å². The smallest absolute Gasteiger partial charge is 0.262 e. The molecule has 0 aliphatic carbocycles. The number of rotatable bonds is 7. The molecule has 1 aliphatic heterocycles. The van der Waals surface area contributed by atoms with Crippen LogP contribution in [0.1, 0.15) is 5.56 Å². The zero-order chi connectivity index (χ0) is 23.4. The molecule has 1 amide bonds. The number of carbonyl (C=O) groups is 1. The van der Waals surface area contributed by atoms with Gasteiger partial charge in [-0.1, -0.05) is 29.8 Å². The first-order valence-electron chi connectivity index (χ1n) is 9.99. The van der Waals surface area contributed by atoms with Gasteiger partial charge in [-0.3, -0.25) is 9.52 Å². The van der Waals surface area contributed by atoms with Gasteiger partial charge in [-0.15, -0.1) is 0 Å². The van der Waals surface area contributed by atoms with E-state index in [-0.39, 0.29) is 17.2 Å². The number of hydrogen-bond acceptors (Lipinski definition) is 6. The number of amides is 1. The summed E-state index contributed by atoms with van der Waals surface area (Å²) in [5.41, 5.74) is 1.29. The van der Waals surface area contributed by atoms with Crippen LogP contribution in [0.2, 0.25) is 5.02 Å². The number of ether oxygens (including phenoxy) is 3. The van der Waals surface area contributed by atoms with Crippen LogP contribution in [0.15, 0.2) is 65.6 Å². The monoisotopic (exact) mass is 488 g/mol. The first kappa shape index (κ1) is 22.8. The average Bonchev–Trinajstić information content (AvgIpc) is 2.79. The van der Waals surface area contributed by atoms with Crippen molar-refractivity contribution in [1.29, 1.82) is 0 Å². The molecule has 8 nitrogen and oxygen atoms in total. The predicted molar refractivity (Wildman–Crippen MR) is 125 cm³/mol. The van der Waals surface area contributed by atoms with Gasteiger partial charge >= 0.3 is 0 Å². The molecule has 0 spiro atoms. The molecule has 0 fully saturated rings. The second kappa shape index (κ2) is 9.60. The highest BCUT2D eigenvalue weighted by molar-refractivity contribution is 7.92. The van der Waals surface area contributed by atoms with Crippen molar-refractivity contribution in [2.45, 2.75) is 11.3 Å². The maximum Gasteiger partial charge on any atom is 0.262 e. The minimum Gasteiger partial charge on any atom is -0.495 e. The summed E-state index contributed by atoms with van der Waals surface area (Å²) >= 11 is 6.23. The minimum absolute atomic E-state index is 0.00594. The van der Waals surface area contributed by atoms with Crippen molar-refractivity contribution in [3.05, 3.63) is 71.2 Å². The highest BCUT2D eigenvalue weighted by Gasteiger charge is 2.19. The Morgan fingerprint density at radius 2 is 1.85 bits per heavy atom. The second-order valence-electron chi connectivity index (χ2n) is 7.16. The van der Waals surface area contributed by atoms with Gasteiger partial charge in [0.25, 0.3) is 10.0 Å². The van der Waals surface area contributed by atoms with Gasteiger partial charge in [0, 0.05) is 5.69 Å². The number of nitrogens with one attached hydrogen (secondary N) is 2. The summed E-state index contributed by atoms with van der Waals surface area (Å²) in [6.07, 6.45) is 0.0206. The summed E-state index contributed by atoms with van der Waals surface area (Å²) in [6, 6.07) is 16.0. The van der Waals surface area contributed by atoms with Crippen molar-refractivity contribution in [2.75, 3.05) is 30.4 Å². The van der Waals surface area contributed by atoms with Gasteiger partial charge in [0.2, 0.25) is 5.91 Å². The molecule has 0 radical (unpaired) electrons. The van der Waals surface area contributed by atoms with Crippen molar-refractivity contribution in [2.24, 2.45) is 0 Å². The van der Waals surface area contributed by atoms with Crippen LogP contribution >= 0.6 is 11.6 Å². The van der Waals surface area contributed by atoms with Crippen LogP contribution < -0.4 is 24.2 Å². The van der Waals surface area contributed by atoms with Gasteiger partial charge < -0.3 is 19.5 Å². The van der Waals surface area contributed by atoms with Crippen LogP contribution in [0.4, 0.5) is 11.4 Å². The Morgan fingerprint density at radius 3 is 2.67 bits per heavy atom. The molecule has 3 aromatic carbocycles. The lowest BCUT2D eigenvalue weighted by atomic mass is 10.1. The maximum atomic E-state index is 12.9. The number of para-hydroxylation sites is 2. The first-order valence-corrected chi connectivity index (χ1v) is 11.9. The Hall–Kier alpha value is -3.43. The van der Waals surface area contributed by atoms with E-state index in [2.05, 4.69) is 10.0 Å². The number of anilines is 2. The largest absolute Gasteiger partial charge is 0.495 e. The number of fused-ring (bicyclic) bond motifs is 1. The van der Waals surface area contributed by atoms with E-state index in [9.17, 15) is 13.2 Å². The van der Waals surface area contributed by atoms with Crippen LogP contribution in [-0.4, -0.2) is 34.6 Å². The van der Waals surface area contributed by atoms with E-state index < -0.39 is 10.0 Å². The molecule has 0 saturated carbocycles. The van der Waals surface area contributed by atoms with Gasteiger partial charge in [-0.05, 0) is 48.0 Å². The molecule has 0 unspecified atom stereocenters. The van der Waals surface area contributed by atoms with Gasteiger partial charge in [0.1, 0.15) is 19.0 Å². The van der Waals surface area contributed by atoms with Crippen molar-refractivity contribution in [1.82, 2.24) is 0 Å². The highest BCUT2D eigenvalue weighted by Crippen LogP contribution is 2.38. The normalized spacial score (nSPS) is 12.7. The fraction of sp³-hybridized carbons (Fsp3) is 0.174. The van der Waals surface area contributed by atoms with Gasteiger partial charge in [0.05, 0.1) is 29.1 Å². The third-order valence-corrected chi connectivity index (χ3v) is 6.44. The Morgan fingerprint density at radius 1 is 1.06 bits per heavy atom. The first-order chi connectivity index (χ1) is 15.9. The minimum atomic E-state index is -3.91. The molecule has 33 heavy (non-hydrogen) atoms. The third kappa shape index (κ3) is 5.32. The van der Waals surface area contributed by atoms with Crippen LogP contribution in [0.5, 0.6) is 17.2 Å². The standard InChI is InChI=1S/C23H21ClN2O6S/c1-30-20-8-3-2-7-19(20)26-33(28,29)17-6-4-5-16(14-17)25-22(27)13-15-11-18(24)23-21(12-15)31-9-10-32-23/h2-8,11-12,14,26H,9-10,13H2,1H3,(H,25,27). The maximum absolute atomic E-state index is 12.9. The van der Waals surface area contributed by atoms with E-state index in [4.69, 9.17) is 25.8 Å². The Kier molecular flexibility index (Phi) is 6.62. The number of carbonyl (C=O) groups excluding carboxylic acids is 1. The Balaban J connectivity index is 1.48. The lowest BCUT2D eigenvalue weighted by Crippen LogP contribution is -2.18. The molecular formula is C23H21ClN2O6S. The van der Waals surface area contributed by atoms with E-state index >= 15 is 0 Å². The zero-order valence-corrected chi connectivity index (χ0v) is 19.2. The summed E-state index contributed by atoms with van der Waals surface area (Å²) in [5.74, 6) is 1.01. The van der Waals surface area contributed by atoms with Crippen molar-refractivity contribution in [3.8, 4) is 17.2 Å². The molecule has 0 atom stereocenters. The molecule has 3 aromatic rings. The average molecular weight is 489 g/mol. The summed E-state index contributed by atoms with van der Waals surface area (Å²) < 4.78 is 44.4. The summed E-state index contributed by atoms with van der Waals surface area (Å²) in [4.78, 5) is 12.6.